The molecule has 0 bridgehead atoms. The van der Waals surface area contributed by atoms with Crippen LogP contribution in [0.25, 0.3) is 5.65 Å². The summed E-state index contributed by atoms with van der Waals surface area (Å²) < 4.78 is 6.97. The Morgan fingerprint density at radius 1 is 1.26 bits per heavy atom. The molecule has 3 heterocycles. The van der Waals surface area contributed by atoms with Crippen molar-refractivity contribution < 1.29 is 9.53 Å². The Morgan fingerprint density at radius 3 is 3.04 bits per heavy atom. The van der Waals surface area contributed by atoms with Gasteiger partial charge >= 0.3 is 5.97 Å². The van der Waals surface area contributed by atoms with E-state index in [9.17, 15) is 4.79 Å². The van der Waals surface area contributed by atoms with Gasteiger partial charge in [0, 0.05) is 25.4 Å². The number of carbonyl (C=O) groups excluding carboxylic acids is 1. The van der Waals surface area contributed by atoms with E-state index in [1.54, 1.807) is 25.3 Å². The lowest BCUT2D eigenvalue weighted by Crippen LogP contribution is -2.14. The molecule has 23 heavy (non-hydrogen) atoms. The quantitative estimate of drug-likeness (QED) is 0.701. The largest absolute Gasteiger partial charge is 0.462 e. The van der Waals surface area contributed by atoms with Crippen molar-refractivity contribution >= 4 is 17.4 Å². The average molecular weight is 311 g/mol. The molecule has 0 saturated carbocycles. The summed E-state index contributed by atoms with van der Waals surface area (Å²) in [5, 5.41) is 11.4. The van der Waals surface area contributed by atoms with Crippen LogP contribution in [0.4, 0.5) is 5.82 Å². The zero-order valence-electron chi connectivity index (χ0n) is 12.8. The van der Waals surface area contributed by atoms with Crippen LogP contribution in [0, 0.1) is 0 Å². The summed E-state index contributed by atoms with van der Waals surface area (Å²) in [5.74, 6) is 0.984. The highest BCUT2D eigenvalue weighted by atomic mass is 16.5. The monoisotopic (exact) mass is 311 g/mol. The molecule has 0 fully saturated rings. The highest BCUT2D eigenvalue weighted by Crippen LogP contribution is 2.13. The van der Waals surface area contributed by atoms with Crippen LogP contribution in [0.15, 0.2) is 42.7 Å². The van der Waals surface area contributed by atoms with Crippen molar-refractivity contribution in [2.45, 2.75) is 13.3 Å². The average Bonchev–Trinajstić information content (AvgIpc) is 2.99. The van der Waals surface area contributed by atoms with Crippen molar-refractivity contribution in [2.75, 3.05) is 18.5 Å². The van der Waals surface area contributed by atoms with E-state index in [-0.39, 0.29) is 5.97 Å². The molecule has 0 spiro atoms. The maximum absolute atomic E-state index is 11.9. The number of fused-ring (bicyclic) bond motifs is 1. The Balaban J connectivity index is 1.68. The second-order valence-electron chi connectivity index (χ2n) is 4.84. The first-order chi connectivity index (χ1) is 11.3. The second kappa shape index (κ2) is 6.87. The molecule has 7 heteroatoms. The third-order valence-corrected chi connectivity index (χ3v) is 3.33. The molecule has 0 aliphatic heterocycles. The normalized spacial score (nSPS) is 10.7. The smallest absolute Gasteiger partial charge is 0.341 e. The highest BCUT2D eigenvalue weighted by Gasteiger charge is 2.13. The number of pyridine rings is 2. The van der Waals surface area contributed by atoms with Gasteiger partial charge in [0.2, 0.25) is 0 Å². The van der Waals surface area contributed by atoms with Gasteiger partial charge in [-0.05, 0) is 31.2 Å². The predicted octanol–water partition coefficient (Wildman–Crippen LogP) is 1.96. The number of anilines is 1. The van der Waals surface area contributed by atoms with E-state index in [4.69, 9.17) is 4.74 Å². The van der Waals surface area contributed by atoms with Crippen molar-refractivity contribution in [3.63, 3.8) is 0 Å². The molecule has 0 unspecified atom stereocenters. The van der Waals surface area contributed by atoms with Crippen LogP contribution in [-0.4, -0.2) is 38.7 Å². The highest BCUT2D eigenvalue weighted by molar-refractivity contribution is 5.94. The Bertz CT molecular complexity index is 815. The SMILES string of the molecule is CCOC(=O)c1cccnc1NCCc1nnc2ccccn12. The Labute approximate surface area is 133 Å². The number of carbonyl (C=O) groups is 1. The number of hydrogen-bond donors (Lipinski definition) is 1. The summed E-state index contributed by atoms with van der Waals surface area (Å²) in [6.07, 6.45) is 4.22. The maximum Gasteiger partial charge on any atom is 0.341 e. The molecule has 0 aliphatic carbocycles. The van der Waals surface area contributed by atoms with E-state index in [2.05, 4.69) is 20.5 Å². The number of nitrogens with one attached hydrogen (secondary N) is 1. The van der Waals surface area contributed by atoms with Gasteiger partial charge in [-0.25, -0.2) is 9.78 Å². The predicted molar refractivity (Wildman–Crippen MR) is 85.4 cm³/mol. The summed E-state index contributed by atoms with van der Waals surface area (Å²) in [7, 11) is 0. The molecule has 118 valence electrons. The standard InChI is InChI=1S/C16H17N5O2/c1-2-23-16(22)12-6-5-9-17-15(12)18-10-8-14-20-19-13-7-3-4-11-21(13)14/h3-7,9,11H,2,8,10H2,1H3,(H,17,18). The van der Waals surface area contributed by atoms with Crippen LogP contribution < -0.4 is 5.32 Å². The Hall–Kier alpha value is -2.96. The van der Waals surface area contributed by atoms with Crippen molar-refractivity contribution in [2.24, 2.45) is 0 Å². The summed E-state index contributed by atoms with van der Waals surface area (Å²) >= 11 is 0. The molecular formula is C16H17N5O2. The van der Waals surface area contributed by atoms with Crippen LogP contribution in [-0.2, 0) is 11.2 Å². The number of aromatic nitrogens is 4. The van der Waals surface area contributed by atoms with Gasteiger partial charge in [0.15, 0.2) is 5.65 Å². The van der Waals surface area contributed by atoms with Crippen LogP contribution in [0.1, 0.15) is 23.1 Å². The van der Waals surface area contributed by atoms with Gasteiger partial charge in [-0.1, -0.05) is 6.07 Å². The summed E-state index contributed by atoms with van der Waals surface area (Å²) in [4.78, 5) is 16.1. The van der Waals surface area contributed by atoms with E-state index >= 15 is 0 Å². The van der Waals surface area contributed by atoms with Crippen molar-refractivity contribution in [1.82, 2.24) is 19.6 Å². The van der Waals surface area contributed by atoms with E-state index in [0.717, 1.165) is 11.5 Å². The summed E-state index contributed by atoms with van der Waals surface area (Å²) in [6.45, 7) is 2.69. The van der Waals surface area contributed by atoms with Crippen LogP contribution in [0.3, 0.4) is 0 Å². The molecule has 3 aromatic heterocycles. The van der Waals surface area contributed by atoms with Crippen molar-refractivity contribution in [3.8, 4) is 0 Å². The number of hydrogen-bond acceptors (Lipinski definition) is 6. The molecule has 0 aliphatic rings. The van der Waals surface area contributed by atoms with Gasteiger partial charge in [0.25, 0.3) is 0 Å². The first-order valence-electron chi connectivity index (χ1n) is 7.44. The maximum atomic E-state index is 11.9. The fourth-order valence-corrected chi connectivity index (χ4v) is 2.27. The van der Waals surface area contributed by atoms with Gasteiger partial charge < -0.3 is 10.1 Å². The van der Waals surface area contributed by atoms with Gasteiger partial charge in [-0.15, -0.1) is 10.2 Å². The van der Waals surface area contributed by atoms with Crippen LogP contribution in [0.5, 0.6) is 0 Å². The van der Waals surface area contributed by atoms with E-state index in [1.807, 2.05) is 28.8 Å². The third kappa shape index (κ3) is 3.28. The van der Waals surface area contributed by atoms with Gasteiger partial charge in [-0.3, -0.25) is 4.40 Å². The van der Waals surface area contributed by atoms with E-state index in [1.165, 1.54) is 0 Å². The third-order valence-electron chi connectivity index (χ3n) is 3.33. The zero-order valence-corrected chi connectivity index (χ0v) is 12.8. The molecule has 0 atom stereocenters. The fourth-order valence-electron chi connectivity index (χ4n) is 2.27. The van der Waals surface area contributed by atoms with Crippen molar-refractivity contribution in [3.05, 3.63) is 54.1 Å². The minimum atomic E-state index is -0.379. The van der Waals surface area contributed by atoms with Crippen LogP contribution in [0.2, 0.25) is 0 Å². The van der Waals surface area contributed by atoms with Gasteiger partial charge in [-0.2, -0.15) is 0 Å². The molecule has 0 radical (unpaired) electrons. The zero-order chi connectivity index (χ0) is 16.1. The van der Waals surface area contributed by atoms with Gasteiger partial charge in [0.05, 0.1) is 6.61 Å². The molecule has 0 amide bonds. The minimum absolute atomic E-state index is 0.332. The summed E-state index contributed by atoms with van der Waals surface area (Å²) in [6, 6.07) is 9.17. The lowest BCUT2D eigenvalue weighted by molar-refractivity contribution is 0.0527. The molecule has 3 rings (SSSR count). The van der Waals surface area contributed by atoms with Crippen molar-refractivity contribution in [1.29, 1.82) is 0 Å². The molecular weight excluding hydrogens is 294 g/mol. The Morgan fingerprint density at radius 2 is 2.17 bits per heavy atom. The number of esters is 1. The lowest BCUT2D eigenvalue weighted by atomic mass is 10.2. The first kappa shape index (κ1) is 15.0. The number of rotatable bonds is 6. The summed E-state index contributed by atoms with van der Waals surface area (Å²) in [5.41, 5.74) is 1.24. The molecule has 1 N–H and O–H groups in total. The molecule has 7 nitrogen and oxygen atoms in total. The van der Waals surface area contributed by atoms with E-state index < -0.39 is 0 Å². The molecule has 0 saturated heterocycles. The molecule has 3 aromatic rings. The number of nitrogens with zero attached hydrogens (tertiary/aromatic N) is 4. The Kier molecular flexibility index (Phi) is 4.46. The van der Waals surface area contributed by atoms with E-state index in [0.29, 0.717) is 31.0 Å². The number of ether oxygens (including phenoxy) is 1. The second-order valence-corrected chi connectivity index (χ2v) is 4.84. The first-order valence-corrected chi connectivity index (χ1v) is 7.44. The van der Waals surface area contributed by atoms with Gasteiger partial charge in [0.1, 0.15) is 17.2 Å². The lowest BCUT2D eigenvalue weighted by Gasteiger charge is -2.09. The minimum Gasteiger partial charge on any atom is -0.462 e. The topological polar surface area (TPSA) is 81.4 Å². The molecule has 0 aromatic carbocycles. The fraction of sp³-hybridized carbons (Fsp3) is 0.250. The van der Waals surface area contributed by atoms with Crippen LogP contribution >= 0.6 is 0 Å².